The summed E-state index contributed by atoms with van der Waals surface area (Å²) in [4.78, 5) is 25.9. The van der Waals surface area contributed by atoms with Crippen molar-refractivity contribution in [2.45, 2.75) is 25.4 Å². The highest BCUT2D eigenvalue weighted by Crippen LogP contribution is 2.36. The molecule has 138 valence electrons. The summed E-state index contributed by atoms with van der Waals surface area (Å²) in [6, 6.07) is 7.10. The van der Waals surface area contributed by atoms with E-state index < -0.39 is 0 Å². The highest BCUT2D eigenvalue weighted by molar-refractivity contribution is 6.30. The maximum atomic E-state index is 12.2. The Morgan fingerprint density at radius 3 is 2.56 bits per heavy atom. The van der Waals surface area contributed by atoms with Crippen molar-refractivity contribution >= 4 is 35.9 Å². The summed E-state index contributed by atoms with van der Waals surface area (Å²) in [7, 11) is 0. The molecular weight excluding hydrogens is 363 g/mol. The van der Waals surface area contributed by atoms with E-state index in [4.69, 9.17) is 17.3 Å². The van der Waals surface area contributed by atoms with Gasteiger partial charge in [0.05, 0.1) is 6.54 Å². The molecule has 3 amide bonds. The summed E-state index contributed by atoms with van der Waals surface area (Å²) in [6.07, 6.45) is 2.16. The van der Waals surface area contributed by atoms with Crippen LogP contribution in [0.25, 0.3) is 0 Å². The number of nitrogens with two attached hydrogens (primary N) is 1. The van der Waals surface area contributed by atoms with Crippen LogP contribution >= 0.6 is 24.0 Å². The van der Waals surface area contributed by atoms with Gasteiger partial charge in [0.25, 0.3) is 0 Å². The smallest absolute Gasteiger partial charge is 0.315 e. The van der Waals surface area contributed by atoms with Crippen molar-refractivity contribution in [3.05, 3.63) is 34.9 Å². The summed E-state index contributed by atoms with van der Waals surface area (Å²) in [6.45, 7) is 1.89. The third-order valence-electron chi connectivity index (χ3n) is 5.03. The zero-order chi connectivity index (χ0) is 17.1. The van der Waals surface area contributed by atoms with Crippen LogP contribution in [0.15, 0.2) is 24.3 Å². The zero-order valence-corrected chi connectivity index (χ0v) is 15.5. The predicted molar refractivity (Wildman–Crippen MR) is 99.7 cm³/mol. The monoisotopic (exact) mass is 386 g/mol. The van der Waals surface area contributed by atoms with Crippen molar-refractivity contribution in [2.75, 3.05) is 19.6 Å². The van der Waals surface area contributed by atoms with E-state index in [0.717, 1.165) is 31.5 Å². The van der Waals surface area contributed by atoms with Crippen molar-refractivity contribution in [3.8, 4) is 0 Å². The molecule has 8 heteroatoms. The van der Waals surface area contributed by atoms with E-state index in [1.165, 1.54) is 0 Å². The maximum absolute atomic E-state index is 12.2. The molecule has 1 aliphatic carbocycles. The van der Waals surface area contributed by atoms with E-state index >= 15 is 0 Å². The maximum Gasteiger partial charge on any atom is 0.315 e. The van der Waals surface area contributed by atoms with Gasteiger partial charge < -0.3 is 21.3 Å². The summed E-state index contributed by atoms with van der Waals surface area (Å²) in [5.41, 5.74) is 7.03. The molecule has 3 rings (SSSR count). The fraction of sp³-hybridized carbons (Fsp3) is 0.529. The van der Waals surface area contributed by atoms with Gasteiger partial charge in [0.1, 0.15) is 0 Å². The van der Waals surface area contributed by atoms with Crippen molar-refractivity contribution in [1.29, 1.82) is 0 Å². The summed E-state index contributed by atoms with van der Waals surface area (Å²) < 4.78 is 0. The number of nitrogens with one attached hydrogen (secondary N) is 2. The summed E-state index contributed by atoms with van der Waals surface area (Å²) in [5.74, 6) is 0.911. The molecule has 1 aliphatic heterocycles. The molecule has 1 saturated heterocycles. The lowest BCUT2D eigenvalue weighted by molar-refractivity contribution is -0.129. The van der Waals surface area contributed by atoms with Gasteiger partial charge >= 0.3 is 6.03 Å². The van der Waals surface area contributed by atoms with Crippen LogP contribution in [0.4, 0.5) is 4.79 Å². The van der Waals surface area contributed by atoms with Crippen molar-refractivity contribution in [2.24, 2.45) is 17.6 Å². The highest BCUT2D eigenvalue weighted by Gasteiger charge is 2.42. The Morgan fingerprint density at radius 2 is 1.88 bits per heavy atom. The predicted octanol–water partition coefficient (Wildman–Crippen LogP) is 1.76. The molecule has 0 radical (unpaired) electrons. The number of benzene rings is 1. The number of rotatable bonds is 4. The SMILES string of the molecule is Cl.NC1CCC2CN(C(=O)CNC(=O)NCc3ccc(Cl)cc3)CC12. The van der Waals surface area contributed by atoms with Crippen LogP contribution in [0.1, 0.15) is 18.4 Å². The average molecular weight is 387 g/mol. The Balaban J connectivity index is 0.00000225. The van der Waals surface area contributed by atoms with E-state index in [9.17, 15) is 9.59 Å². The third-order valence-corrected chi connectivity index (χ3v) is 5.28. The number of nitrogens with zero attached hydrogens (tertiary/aromatic N) is 1. The van der Waals surface area contributed by atoms with Gasteiger partial charge in [0.2, 0.25) is 5.91 Å². The molecule has 0 bridgehead atoms. The first kappa shape index (κ1) is 19.8. The molecule has 4 N–H and O–H groups in total. The van der Waals surface area contributed by atoms with Crippen LogP contribution in [0, 0.1) is 11.8 Å². The van der Waals surface area contributed by atoms with Crippen molar-refractivity contribution < 1.29 is 9.59 Å². The van der Waals surface area contributed by atoms with Crippen molar-refractivity contribution in [3.63, 3.8) is 0 Å². The molecule has 6 nitrogen and oxygen atoms in total. The van der Waals surface area contributed by atoms with Crippen LogP contribution in [-0.4, -0.2) is 42.5 Å². The van der Waals surface area contributed by atoms with E-state index in [1.54, 1.807) is 12.1 Å². The normalized spacial score (nSPS) is 24.4. The van der Waals surface area contributed by atoms with E-state index in [-0.39, 0.29) is 36.9 Å². The number of carbonyl (C=O) groups is 2. The number of hydrogen-bond acceptors (Lipinski definition) is 3. The second-order valence-corrected chi connectivity index (χ2v) is 7.06. The Bertz CT molecular complexity index is 611. The Kier molecular flexibility index (Phi) is 6.93. The molecular formula is C17H24Cl2N4O2. The van der Waals surface area contributed by atoms with Crippen LogP contribution in [-0.2, 0) is 11.3 Å². The minimum absolute atomic E-state index is 0. The number of likely N-dealkylation sites (tertiary alicyclic amines) is 1. The Labute approximate surface area is 158 Å². The average Bonchev–Trinajstić information content (AvgIpc) is 3.14. The molecule has 1 aromatic rings. The first-order valence-electron chi connectivity index (χ1n) is 8.32. The molecule has 3 atom stereocenters. The lowest BCUT2D eigenvalue weighted by atomic mass is 9.98. The molecule has 0 spiro atoms. The quantitative estimate of drug-likeness (QED) is 0.736. The zero-order valence-electron chi connectivity index (χ0n) is 13.9. The Hall–Kier alpha value is -1.50. The van der Waals surface area contributed by atoms with Crippen LogP contribution in [0.2, 0.25) is 5.02 Å². The van der Waals surface area contributed by atoms with E-state index in [1.807, 2.05) is 17.0 Å². The van der Waals surface area contributed by atoms with Gasteiger partial charge in [-0.15, -0.1) is 12.4 Å². The van der Waals surface area contributed by atoms with Gasteiger partial charge in [-0.05, 0) is 42.4 Å². The van der Waals surface area contributed by atoms with Gasteiger partial charge in [-0.2, -0.15) is 0 Å². The Morgan fingerprint density at radius 1 is 1.16 bits per heavy atom. The largest absolute Gasteiger partial charge is 0.341 e. The number of hydrogen-bond donors (Lipinski definition) is 3. The molecule has 1 saturated carbocycles. The molecule has 0 aromatic heterocycles. The molecule has 2 aliphatic rings. The number of urea groups is 1. The first-order chi connectivity index (χ1) is 11.5. The number of fused-ring (bicyclic) bond motifs is 1. The molecule has 1 heterocycles. The van der Waals surface area contributed by atoms with E-state index in [0.29, 0.717) is 23.4 Å². The first-order valence-corrected chi connectivity index (χ1v) is 8.70. The number of halogens is 2. The number of carbonyl (C=O) groups excluding carboxylic acids is 2. The van der Waals surface area contributed by atoms with Gasteiger partial charge in [-0.1, -0.05) is 23.7 Å². The minimum atomic E-state index is -0.352. The molecule has 1 aromatic carbocycles. The fourth-order valence-corrected chi connectivity index (χ4v) is 3.75. The topological polar surface area (TPSA) is 87.5 Å². The van der Waals surface area contributed by atoms with Gasteiger partial charge in [0.15, 0.2) is 0 Å². The fourth-order valence-electron chi connectivity index (χ4n) is 3.63. The molecule has 2 fully saturated rings. The highest BCUT2D eigenvalue weighted by atomic mass is 35.5. The van der Waals surface area contributed by atoms with Gasteiger partial charge in [-0.25, -0.2) is 4.79 Å². The minimum Gasteiger partial charge on any atom is -0.341 e. The summed E-state index contributed by atoms with van der Waals surface area (Å²) in [5, 5.41) is 6.00. The number of amides is 3. The lowest BCUT2D eigenvalue weighted by Crippen LogP contribution is -2.43. The standard InChI is InChI=1S/C17H23ClN4O2.ClH/c18-13-4-1-11(2-5-13)7-20-17(24)21-8-16(23)22-9-12-3-6-15(19)14(12)10-22;/h1-2,4-5,12,14-15H,3,6-10,19H2,(H2,20,21,24);1H. The van der Waals surface area contributed by atoms with E-state index in [2.05, 4.69) is 10.6 Å². The molecule has 25 heavy (non-hydrogen) atoms. The van der Waals surface area contributed by atoms with Crippen LogP contribution < -0.4 is 16.4 Å². The van der Waals surface area contributed by atoms with Crippen LogP contribution in [0.3, 0.4) is 0 Å². The third kappa shape index (κ3) is 5.00. The molecule has 3 unspecified atom stereocenters. The second-order valence-electron chi connectivity index (χ2n) is 6.63. The van der Waals surface area contributed by atoms with Crippen LogP contribution in [0.5, 0.6) is 0 Å². The van der Waals surface area contributed by atoms with Gasteiger partial charge in [0, 0.05) is 30.7 Å². The lowest BCUT2D eigenvalue weighted by Gasteiger charge is -2.19. The summed E-state index contributed by atoms with van der Waals surface area (Å²) >= 11 is 5.82. The van der Waals surface area contributed by atoms with Crippen molar-refractivity contribution in [1.82, 2.24) is 15.5 Å². The second kappa shape index (κ2) is 8.74. The van der Waals surface area contributed by atoms with Gasteiger partial charge in [-0.3, -0.25) is 4.79 Å².